The van der Waals surface area contributed by atoms with Crippen molar-refractivity contribution in [1.29, 1.82) is 0 Å². The van der Waals surface area contributed by atoms with E-state index in [1.807, 2.05) is 11.2 Å². The average molecular weight is 245 g/mol. The van der Waals surface area contributed by atoms with Gasteiger partial charge < -0.3 is 14.4 Å². The first-order chi connectivity index (χ1) is 7.69. The molecule has 0 aromatic carbocycles. The predicted octanol–water partition coefficient (Wildman–Crippen LogP) is 0.756. The lowest BCUT2D eigenvalue weighted by Crippen LogP contribution is -2.67. The van der Waals surface area contributed by atoms with Crippen molar-refractivity contribution in [2.45, 2.75) is 24.5 Å². The molecule has 0 unspecified atom stereocenters. The molecule has 0 bridgehead atoms. The Morgan fingerprint density at radius 3 is 3.00 bits per heavy atom. The highest BCUT2D eigenvalue weighted by atomic mass is 32.2. The van der Waals surface area contributed by atoms with Crippen LogP contribution in [0.15, 0.2) is 0 Å². The summed E-state index contributed by atoms with van der Waals surface area (Å²) in [6, 6.07) is 0. The minimum atomic E-state index is -0.104. The molecule has 0 saturated carbocycles. The predicted molar refractivity (Wildman–Crippen MR) is 63.7 cm³/mol. The highest BCUT2D eigenvalue weighted by Crippen LogP contribution is 2.35. The molecule has 2 saturated heterocycles. The number of hydrogen-bond acceptors (Lipinski definition) is 4. The number of carbonyl (C=O) groups is 1. The maximum Gasteiger partial charge on any atom is 0.232 e. The second kappa shape index (κ2) is 4.94. The van der Waals surface area contributed by atoms with Gasteiger partial charge in [-0.1, -0.05) is 0 Å². The van der Waals surface area contributed by atoms with E-state index in [-0.39, 0.29) is 11.5 Å². The average Bonchev–Trinajstić information content (AvgIpc) is 2.26. The summed E-state index contributed by atoms with van der Waals surface area (Å²) in [6.45, 7) is 2.24. The first kappa shape index (κ1) is 12.2. The monoisotopic (exact) mass is 245 g/mol. The molecule has 1 atom stereocenters. The number of hydrogen-bond donors (Lipinski definition) is 0. The van der Waals surface area contributed by atoms with Crippen LogP contribution in [0, 0.1) is 0 Å². The van der Waals surface area contributed by atoms with Crippen LogP contribution in [0.5, 0.6) is 0 Å². The van der Waals surface area contributed by atoms with Gasteiger partial charge in [0.1, 0.15) is 5.60 Å². The lowest BCUT2D eigenvalue weighted by Gasteiger charge is -2.52. The first-order valence-corrected chi connectivity index (χ1v) is 7.02. The molecular formula is C11H19NO3S. The van der Waals surface area contributed by atoms with Crippen LogP contribution in [0.25, 0.3) is 0 Å². The van der Waals surface area contributed by atoms with E-state index in [0.717, 1.165) is 32.5 Å². The van der Waals surface area contributed by atoms with Crippen LogP contribution < -0.4 is 0 Å². The van der Waals surface area contributed by atoms with Gasteiger partial charge in [0.2, 0.25) is 5.91 Å². The zero-order chi connectivity index (χ0) is 11.6. The van der Waals surface area contributed by atoms with Crippen molar-refractivity contribution in [3.8, 4) is 0 Å². The SMILES string of the molecule is CO[C@H]1CCOC2(C1)CN(C(=O)CSC)C2. The highest BCUT2D eigenvalue weighted by molar-refractivity contribution is 7.99. The molecule has 1 amide bonds. The Balaban J connectivity index is 1.83. The molecule has 0 N–H and O–H groups in total. The van der Waals surface area contributed by atoms with E-state index in [4.69, 9.17) is 9.47 Å². The standard InChI is InChI=1S/C11H19NO3S/c1-14-9-3-4-15-11(5-9)7-12(8-11)10(13)6-16-2/h9H,3-8H2,1-2H3/t9-/m0/s1. The van der Waals surface area contributed by atoms with Crippen molar-refractivity contribution in [2.75, 3.05) is 38.8 Å². The number of amides is 1. The Kier molecular flexibility index (Phi) is 3.77. The molecule has 4 nitrogen and oxygen atoms in total. The van der Waals surface area contributed by atoms with Crippen molar-refractivity contribution in [3.05, 3.63) is 0 Å². The zero-order valence-corrected chi connectivity index (χ0v) is 10.7. The summed E-state index contributed by atoms with van der Waals surface area (Å²) in [6.07, 6.45) is 4.14. The van der Waals surface area contributed by atoms with E-state index in [1.165, 1.54) is 0 Å². The molecular weight excluding hydrogens is 226 g/mol. The van der Waals surface area contributed by atoms with Gasteiger partial charge >= 0.3 is 0 Å². The molecule has 0 radical (unpaired) electrons. The van der Waals surface area contributed by atoms with Gasteiger partial charge in [-0.3, -0.25) is 4.79 Å². The fraction of sp³-hybridized carbons (Fsp3) is 0.909. The normalized spacial score (nSPS) is 27.9. The van der Waals surface area contributed by atoms with Crippen molar-refractivity contribution < 1.29 is 14.3 Å². The van der Waals surface area contributed by atoms with Crippen LogP contribution in [0.3, 0.4) is 0 Å². The number of likely N-dealkylation sites (tertiary alicyclic amines) is 1. The molecule has 2 aliphatic heterocycles. The van der Waals surface area contributed by atoms with Crippen molar-refractivity contribution in [3.63, 3.8) is 0 Å². The van der Waals surface area contributed by atoms with Crippen LogP contribution >= 0.6 is 11.8 Å². The summed E-state index contributed by atoms with van der Waals surface area (Å²) < 4.78 is 11.2. The minimum Gasteiger partial charge on any atom is -0.381 e. The number of thioether (sulfide) groups is 1. The fourth-order valence-electron chi connectivity index (χ4n) is 2.44. The van der Waals surface area contributed by atoms with Gasteiger partial charge in [-0.15, -0.1) is 0 Å². The van der Waals surface area contributed by atoms with E-state index in [9.17, 15) is 4.79 Å². The van der Waals surface area contributed by atoms with Crippen LogP contribution in [0.2, 0.25) is 0 Å². The molecule has 2 heterocycles. The van der Waals surface area contributed by atoms with Gasteiger partial charge in [-0.2, -0.15) is 11.8 Å². The molecule has 0 aromatic heterocycles. The second-order valence-electron chi connectivity index (χ2n) is 4.56. The third-order valence-corrected chi connectivity index (χ3v) is 3.90. The lowest BCUT2D eigenvalue weighted by molar-refractivity contribution is -0.197. The Hall–Kier alpha value is -0.260. The zero-order valence-electron chi connectivity index (χ0n) is 9.90. The summed E-state index contributed by atoms with van der Waals surface area (Å²) in [5, 5.41) is 0. The Labute approximate surface area is 101 Å². The number of nitrogens with zero attached hydrogens (tertiary/aromatic N) is 1. The Bertz CT molecular complexity index is 266. The number of methoxy groups -OCH3 is 1. The number of carbonyl (C=O) groups excluding carboxylic acids is 1. The van der Waals surface area contributed by atoms with Gasteiger partial charge in [-0.25, -0.2) is 0 Å². The summed E-state index contributed by atoms with van der Waals surface area (Å²) in [7, 11) is 1.75. The third kappa shape index (κ3) is 2.36. The smallest absolute Gasteiger partial charge is 0.232 e. The third-order valence-electron chi connectivity index (χ3n) is 3.36. The Morgan fingerprint density at radius 1 is 1.62 bits per heavy atom. The van der Waals surface area contributed by atoms with Crippen molar-refractivity contribution >= 4 is 17.7 Å². The van der Waals surface area contributed by atoms with Crippen LogP contribution in [0.1, 0.15) is 12.8 Å². The maximum atomic E-state index is 11.6. The van der Waals surface area contributed by atoms with E-state index >= 15 is 0 Å². The van der Waals surface area contributed by atoms with Crippen molar-refractivity contribution in [2.24, 2.45) is 0 Å². The van der Waals surface area contributed by atoms with E-state index in [0.29, 0.717) is 11.9 Å². The molecule has 92 valence electrons. The van der Waals surface area contributed by atoms with Gasteiger partial charge in [0, 0.05) is 20.1 Å². The molecule has 2 rings (SSSR count). The summed E-state index contributed by atoms with van der Waals surface area (Å²) >= 11 is 1.57. The lowest BCUT2D eigenvalue weighted by atomic mass is 9.84. The van der Waals surface area contributed by atoms with Crippen LogP contribution in [-0.4, -0.2) is 61.3 Å². The van der Waals surface area contributed by atoms with E-state index in [2.05, 4.69) is 0 Å². The Morgan fingerprint density at radius 2 is 2.38 bits per heavy atom. The van der Waals surface area contributed by atoms with Crippen LogP contribution in [0.4, 0.5) is 0 Å². The second-order valence-corrected chi connectivity index (χ2v) is 5.43. The fourth-order valence-corrected chi connectivity index (χ4v) is 2.87. The quantitative estimate of drug-likeness (QED) is 0.736. The molecule has 2 fully saturated rings. The van der Waals surface area contributed by atoms with Gasteiger partial charge in [0.25, 0.3) is 0 Å². The first-order valence-electron chi connectivity index (χ1n) is 5.62. The van der Waals surface area contributed by atoms with E-state index in [1.54, 1.807) is 18.9 Å². The number of ether oxygens (including phenoxy) is 2. The van der Waals surface area contributed by atoms with Gasteiger partial charge in [0.05, 0.1) is 24.9 Å². The van der Waals surface area contributed by atoms with Gasteiger partial charge in [0.15, 0.2) is 0 Å². The topological polar surface area (TPSA) is 38.8 Å². The largest absolute Gasteiger partial charge is 0.381 e. The summed E-state index contributed by atoms with van der Waals surface area (Å²) in [5.74, 6) is 0.797. The van der Waals surface area contributed by atoms with Crippen molar-refractivity contribution in [1.82, 2.24) is 4.90 Å². The molecule has 1 spiro atoms. The van der Waals surface area contributed by atoms with E-state index < -0.39 is 0 Å². The number of rotatable bonds is 3. The molecule has 0 aromatic rings. The minimum absolute atomic E-state index is 0.104. The van der Waals surface area contributed by atoms with Crippen LogP contribution in [-0.2, 0) is 14.3 Å². The summed E-state index contributed by atoms with van der Waals surface area (Å²) in [4.78, 5) is 13.5. The summed E-state index contributed by atoms with van der Waals surface area (Å²) in [5.41, 5.74) is -0.104. The molecule has 0 aliphatic carbocycles. The maximum absolute atomic E-state index is 11.6. The highest BCUT2D eigenvalue weighted by Gasteiger charge is 2.49. The molecule has 2 aliphatic rings. The van der Waals surface area contributed by atoms with Gasteiger partial charge in [-0.05, 0) is 12.7 Å². The molecule has 16 heavy (non-hydrogen) atoms. The molecule has 5 heteroatoms.